The van der Waals surface area contributed by atoms with Gasteiger partial charge in [0.1, 0.15) is 29.6 Å². The van der Waals surface area contributed by atoms with Crippen molar-refractivity contribution in [2.24, 2.45) is 22.9 Å². The quantitative estimate of drug-likeness (QED) is 0.0615. The third-order valence-electron chi connectivity index (χ3n) is 11.9. The number of sulfonamides is 1. The molecule has 2 aromatic carbocycles. The van der Waals surface area contributed by atoms with Crippen LogP contribution in [0.15, 0.2) is 89.1 Å². The summed E-state index contributed by atoms with van der Waals surface area (Å²) in [6.45, 7) is 10.1. The van der Waals surface area contributed by atoms with Crippen LogP contribution in [0.5, 0.6) is 11.5 Å². The van der Waals surface area contributed by atoms with Crippen LogP contribution in [0.1, 0.15) is 63.4 Å². The molecule has 1 aromatic heterocycles. The van der Waals surface area contributed by atoms with Crippen LogP contribution in [0.25, 0.3) is 10.9 Å². The standard InChI is InChI=1S/C43H56N4O8S/c1-4-25-53-43-39(46(3)56(50,51)38-16-10-13-30-14-11-19-44-42(30)38)29-36(45-54-5-2)34-27-31(12-6-8-23-48)33(15-7-9-24-49)40(41(34)43)35-28-32(17-18-37(35)55-43)52-26-22-47-20-21-47/h4,10-11,13-14,16-19,27-28,31,33,39-41,48-49H,1,5-9,12,15,20-26,29H2,2-3H3/t31-,33+,39-,40+,41+,43+/m0/s1. The van der Waals surface area contributed by atoms with Crippen LogP contribution < -0.4 is 9.47 Å². The Kier molecular flexibility index (Phi) is 12.8. The first-order valence-corrected chi connectivity index (χ1v) is 21.6. The number of likely N-dealkylation sites (N-methyl/N-ethyl adjacent to an activating group) is 1. The van der Waals surface area contributed by atoms with E-state index in [1.807, 2.05) is 31.2 Å². The highest BCUT2D eigenvalue weighted by Gasteiger charge is 2.65. The minimum atomic E-state index is -4.21. The Morgan fingerprint density at radius 3 is 2.62 bits per heavy atom. The minimum Gasteiger partial charge on any atom is -0.492 e. The van der Waals surface area contributed by atoms with Crippen molar-refractivity contribution in [1.29, 1.82) is 0 Å². The lowest BCUT2D eigenvalue weighted by Gasteiger charge is -2.59. The van der Waals surface area contributed by atoms with Crippen LogP contribution in [0.4, 0.5) is 0 Å². The van der Waals surface area contributed by atoms with Gasteiger partial charge in [0.2, 0.25) is 15.8 Å². The molecule has 7 rings (SSSR count). The molecule has 302 valence electrons. The molecule has 3 heterocycles. The van der Waals surface area contributed by atoms with Crippen molar-refractivity contribution in [2.75, 3.05) is 59.7 Å². The van der Waals surface area contributed by atoms with Gasteiger partial charge in [0.25, 0.3) is 0 Å². The van der Waals surface area contributed by atoms with Crippen molar-refractivity contribution < 1.29 is 37.7 Å². The first kappa shape index (κ1) is 40.4. The number of fused-ring (bicyclic) bond motifs is 3. The van der Waals surface area contributed by atoms with E-state index in [0.717, 1.165) is 62.2 Å². The number of unbranched alkanes of at least 4 members (excludes halogenated alkanes) is 2. The molecule has 0 amide bonds. The Labute approximate surface area is 330 Å². The second kappa shape index (κ2) is 17.7. The fraction of sp³-hybridized carbons (Fsp3) is 0.535. The average molecular weight is 789 g/mol. The first-order valence-electron chi connectivity index (χ1n) is 20.1. The van der Waals surface area contributed by atoms with Gasteiger partial charge < -0.3 is 29.3 Å². The predicted molar refractivity (Wildman–Crippen MR) is 215 cm³/mol. The highest BCUT2D eigenvalue weighted by atomic mass is 32.2. The largest absolute Gasteiger partial charge is 0.492 e. The van der Waals surface area contributed by atoms with Crippen LogP contribution in [0.3, 0.4) is 0 Å². The molecule has 6 atom stereocenters. The molecule has 2 aliphatic heterocycles. The van der Waals surface area contributed by atoms with Crippen molar-refractivity contribution >= 4 is 26.6 Å². The summed E-state index contributed by atoms with van der Waals surface area (Å²) in [6, 6.07) is 13.9. The molecule has 56 heavy (non-hydrogen) atoms. The number of aliphatic hydroxyl groups is 2. The Bertz CT molecular complexity index is 2010. The molecule has 13 heteroatoms. The SMILES string of the molecule is C=CCO[C@@]12Oc3ccc(OCCN4CC4)cc3[C@H]3[C@H](CCCCO)[C@@H](CCCCO)C=C(C(=NOCC)C[C@@H]1N(C)S(=O)(=O)c1cccc4cccnc14)[C@H]32. The van der Waals surface area contributed by atoms with E-state index in [-0.39, 0.29) is 48.9 Å². The number of ether oxygens (including phenoxy) is 3. The zero-order valence-corrected chi connectivity index (χ0v) is 33.4. The smallest absolute Gasteiger partial charge is 0.245 e. The van der Waals surface area contributed by atoms with E-state index in [1.165, 1.54) is 4.31 Å². The maximum Gasteiger partial charge on any atom is 0.245 e. The summed E-state index contributed by atoms with van der Waals surface area (Å²) in [7, 11) is -2.61. The summed E-state index contributed by atoms with van der Waals surface area (Å²) in [5.41, 5.74) is 2.94. The molecule has 4 aliphatic rings. The van der Waals surface area contributed by atoms with Gasteiger partial charge in [0.05, 0.1) is 29.8 Å². The van der Waals surface area contributed by atoms with Gasteiger partial charge in [-0.05, 0) is 80.3 Å². The van der Waals surface area contributed by atoms with Gasteiger partial charge >= 0.3 is 0 Å². The van der Waals surface area contributed by atoms with Crippen LogP contribution in [-0.4, -0.2) is 110 Å². The summed E-state index contributed by atoms with van der Waals surface area (Å²) < 4.78 is 51.9. The molecule has 0 spiro atoms. The van der Waals surface area contributed by atoms with Gasteiger partial charge in [-0.25, -0.2) is 8.42 Å². The average Bonchev–Trinajstić information content (AvgIpc) is 4.04. The van der Waals surface area contributed by atoms with E-state index in [0.29, 0.717) is 48.4 Å². The summed E-state index contributed by atoms with van der Waals surface area (Å²) >= 11 is 0. The van der Waals surface area contributed by atoms with E-state index in [9.17, 15) is 18.6 Å². The monoisotopic (exact) mass is 788 g/mol. The highest BCUT2D eigenvalue weighted by Crippen LogP contribution is 2.62. The second-order valence-corrected chi connectivity index (χ2v) is 17.2. The number of hydrogen-bond donors (Lipinski definition) is 2. The van der Waals surface area contributed by atoms with Gasteiger partial charge in [0, 0.05) is 69.4 Å². The summed E-state index contributed by atoms with van der Waals surface area (Å²) in [5, 5.41) is 25.1. The fourth-order valence-electron chi connectivity index (χ4n) is 9.13. The van der Waals surface area contributed by atoms with Gasteiger partial charge in [-0.1, -0.05) is 48.3 Å². The van der Waals surface area contributed by atoms with Gasteiger partial charge in [-0.15, -0.1) is 6.58 Å². The van der Waals surface area contributed by atoms with Crippen molar-refractivity contribution in [2.45, 2.75) is 74.5 Å². The minimum absolute atomic E-state index is 0.0625. The molecular weight excluding hydrogens is 733 g/mol. The number of pyridine rings is 1. The summed E-state index contributed by atoms with van der Waals surface area (Å²) in [5.74, 6) is -0.695. The normalized spacial score (nSPS) is 26.3. The lowest BCUT2D eigenvalue weighted by molar-refractivity contribution is -0.250. The molecule has 1 saturated carbocycles. The highest BCUT2D eigenvalue weighted by molar-refractivity contribution is 7.89. The fourth-order valence-corrected chi connectivity index (χ4v) is 10.7. The predicted octanol–water partition coefficient (Wildman–Crippen LogP) is 5.90. The number of allylic oxidation sites excluding steroid dienone is 1. The number of nitrogens with zero attached hydrogens (tertiary/aromatic N) is 4. The van der Waals surface area contributed by atoms with Crippen LogP contribution >= 0.6 is 0 Å². The maximum absolute atomic E-state index is 15.0. The van der Waals surface area contributed by atoms with Crippen LogP contribution in [0.2, 0.25) is 0 Å². The number of aliphatic hydroxyl groups excluding tert-OH is 2. The maximum atomic E-state index is 15.0. The van der Waals surface area contributed by atoms with Gasteiger partial charge in [-0.3, -0.25) is 9.88 Å². The van der Waals surface area contributed by atoms with Crippen molar-refractivity contribution in [3.05, 3.63) is 84.6 Å². The van der Waals surface area contributed by atoms with E-state index in [4.69, 9.17) is 24.2 Å². The van der Waals surface area contributed by atoms with Gasteiger partial charge in [0.15, 0.2) is 0 Å². The van der Waals surface area contributed by atoms with E-state index in [2.05, 4.69) is 28.6 Å². The Morgan fingerprint density at radius 2 is 1.88 bits per heavy atom. The zero-order valence-electron chi connectivity index (χ0n) is 32.6. The number of benzene rings is 2. The van der Waals surface area contributed by atoms with Crippen LogP contribution in [-0.2, 0) is 19.6 Å². The second-order valence-electron chi connectivity index (χ2n) is 15.2. The van der Waals surface area contributed by atoms with Crippen molar-refractivity contribution in [1.82, 2.24) is 14.2 Å². The molecule has 0 radical (unpaired) electrons. The number of rotatable bonds is 20. The number of oxime groups is 1. The topological polar surface area (TPSA) is 143 Å². The first-order chi connectivity index (χ1) is 27.3. The van der Waals surface area contributed by atoms with E-state index in [1.54, 1.807) is 37.5 Å². The third kappa shape index (κ3) is 7.99. The molecule has 0 bridgehead atoms. The van der Waals surface area contributed by atoms with Gasteiger partial charge in [-0.2, -0.15) is 4.31 Å². The van der Waals surface area contributed by atoms with E-state index >= 15 is 0 Å². The Balaban J connectivity index is 1.42. The molecule has 2 aliphatic carbocycles. The zero-order chi connectivity index (χ0) is 39.3. The molecule has 2 N–H and O–H groups in total. The number of hydrogen-bond acceptors (Lipinski definition) is 11. The molecule has 12 nitrogen and oxygen atoms in total. The Morgan fingerprint density at radius 1 is 1.09 bits per heavy atom. The van der Waals surface area contributed by atoms with Crippen molar-refractivity contribution in [3.63, 3.8) is 0 Å². The molecule has 0 unspecified atom stereocenters. The summed E-state index contributed by atoms with van der Waals surface area (Å²) in [6.07, 6.45) is 10.4. The molecular formula is C43H56N4O8S. The molecule has 3 aromatic rings. The summed E-state index contributed by atoms with van der Waals surface area (Å²) in [4.78, 5) is 12.7. The van der Waals surface area contributed by atoms with Crippen LogP contribution in [0, 0.1) is 17.8 Å². The third-order valence-corrected chi connectivity index (χ3v) is 13.8. The van der Waals surface area contributed by atoms with Crippen molar-refractivity contribution in [3.8, 4) is 11.5 Å². The lowest BCUT2D eigenvalue weighted by Crippen LogP contribution is -2.69. The number of aromatic nitrogens is 1. The Hall–Kier alpha value is -3.85. The van der Waals surface area contributed by atoms with E-state index < -0.39 is 27.8 Å². The molecule has 1 saturated heterocycles. The lowest BCUT2D eigenvalue weighted by atomic mass is 9.55. The number of para-hydroxylation sites is 1. The molecule has 2 fully saturated rings.